The van der Waals surface area contributed by atoms with Gasteiger partial charge in [-0.15, -0.1) is 0 Å². The van der Waals surface area contributed by atoms with Crippen molar-refractivity contribution in [2.75, 3.05) is 13.1 Å². The number of hydrogen-bond donors (Lipinski definition) is 2. The maximum atomic E-state index is 11.9. The number of carbonyl (C=O) groups is 1. The van der Waals surface area contributed by atoms with Gasteiger partial charge in [0, 0.05) is 18.8 Å². The molecule has 1 aliphatic carbocycles. The summed E-state index contributed by atoms with van der Waals surface area (Å²) in [6.45, 7) is 2.04. The minimum atomic E-state index is -0.0257. The van der Waals surface area contributed by atoms with Crippen LogP contribution in [0.3, 0.4) is 0 Å². The van der Waals surface area contributed by atoms with Crippen molar-refractivity contribution in [1.82, 2.24) is 20.4 Å². The van der Waals surface area contributed by atoms with Crippen LogP contribution in [0.5, 0.6) is 0 Å². The third-order valence-electron chi connectivity index (χ3n) is 3.93. The van der Waals surface area contributed by atoms with E-state index in [4.69, 9.17) is 0 Å². The smallest absolute Gasteiger partial charge is 0.271 e. The quantitative estimate of drug-likeness (QED) is 0.842. The second kappa shape index (κ2) is 5.10. The van der Waals surface area contributed by atoms with E-state index in [-0.39, 0.29) is 5.91 Å². The van der Waals surface area contributed by atoms with E-state index in [9.17, 15) is 4.79 Å². The highest BCUT2D eigenvalue weighted by Gasteiger charge is 2.22. The zero-order valence-corrected chi connectivity index (χ0v) is 10.6. The first-order valence-corrected chi connectivity index (χ1v) is 6.89. The zero-order valence-electron chi connectivity index (χ0n) is 10.6. The van der Waals surface area contributed by atoms with E-state index in [1.54, 1.807) is 0 Å². The van der Waals surface area contributed by atoms with Gasteiger partial charge in [-0.2, -0.15) is 5.10 Å². The summed E-state index contributed by atoms with van der Waals surface area (Å²) >= 11 is 0. The Morgan fingerprint density at radius 2 is 2.28 bits per heavy atom. The molecule has 2 N–H and O–H groups in total. The first-order valence-electron chi connectivity index (χ1n) is 6.89. The van der Waals surface area contributed by atoms with Crippen LogP contribution < -0.4 is 10.6 Å². The molecule has 2 heterocycles. The number of hydrogen-bond acceptors (Lipinski definition) is 3. The van der Waals surface area contributed by atoms with E-state index in [0.29, 0.717) is 17.8 Å². The highest BCUT2D eigenvalue weighted by Crippen LogP contribution is 2.19. The van der Waals surface area contributed by atoms with Gasteiger partial charge in [0.15, 0.2) is 0 Å². The Morgan fingerprint density at radius 1 is 1.39 bits per heavy atom. The molecule has 0 radical (unpaired) electrons. The summed E-state index contributed by atoms with van der Waals surface area (Å²) in [6.07, 6.45) is 7.69. The Morgan fingerprint density at radius 3 is 2.94 bits per heavy atom. The summed E-state index contributed by atoms with van der Waals surface area (Å²) in [5.74, 6) is -0.0257. The Hall–Kier alpha value is -1.36. The van der Waals surface area contributed by atoms with Crippen LogP contribution >= 0.6 is 0 Å². The van der Waals surface area contributed by atoms with Crippen LogP contribution in [0.1, 0.15) is 48.6 Å². The van der Waals surface area contributed by atoms with Gasteiger partial charge in [0.2, 0.25) is 0 Å². The van der Waals surface area contributed by atoms with E-state index in [2.05, 4.69) is 15.7 Å². The number of nitrogens with zero attached hydrogens (tertiary/aromatic N) is 2. The lowest BCUT2D eigenvalue weighted by Gasteiger charge is -2.26. The van der Waals surface area contributed by atoms with Crippen molar-refractivity contribution in [2.45, 2.75) is 44.2 Å². The van der Waals surface area contributed by atoms with Gasteiger partial charge in [0.05, 0.1) is 6.04 Å². The molecule has 1 amide bonds. The fourth-order valence-electron chi connectivity index (χ4n) is 2.53. The molecule has 0 spiro atoms. The van der Waals surface area contributed by atoms with Crippen molar-refractivity contribution < 1.29 is 4.79 Å². The van der Waals surface area contributed by atoms with Gasteiger partial charge in [-0.25, -0.2) is 0 Å². The molecule has 1 saturated carbocycles. The summed E-state index contributed by atoms with van der Waals surface area (Å²) in [5.41, 5.74) is 0.549. The average Bonchev–Trinajstić information content (AvgIpc) is 2.84. The first kappa shape index (κ1) is 11.7. The summed E-state index contributed by atoms with van der Waals surface area (Å²) < 4.78 is 1.93. The molecule has 1 saturated heterocycles. The molecule has 2 fully saturated rings. The third-order valence-corrected chi connectivity index (χ3v) is 3.93. The normalized spacial score (nSPS) is 24.6. The Balaban J connectivity index is 1.62. The minimum Gasteiger partial charge on any atom is -0.348 e. The molecule has 1 aliphatic heterocycles. The van der Waals surface area contributed by atoms with Crippen molar-refractivity contribution in [3.63, 3.8) is 0 Å². The standard InChI is InChI=1S/C13H20N4O/c18-13(15-10-3-1-4-10)12-6-8-17(16-12)11-5-2-7-14-9-11/h6,8,10-11,14H,1-5,7,9H2,(H,15,18). The Kier molecular flexibility index (Phi) is 3.32. The topological polar surface area (TPSA) is 59.0 Å². The van der Waals surface area contributed by atoms with Gasteiger partial charge in [0.1, 0.15) is 5.69 Å². The lowest BCUT2D eigenvalue weighted by molar-refractivity contribution is 0.0910. The summed E-state index contributed by atoms with van der Waals surface area (Å²) in [4.78, 5) is 11.9. The SMILES string of the molecule is O=C(NC1CCC1)c1ccn(C2CCCNC2)n1. The maximum Gasteiger partial charge on any atom is 0.271 e. The molecule has 0 bridgehead atoms. The Labute approximate surface area is 107 Å². The second-order valence-corrected chi connectivity index (χ2v) is 5.28. The third kappa shape index (κ3) is 2.41. The molecule has 1 aromatic heterocycles. The minimum absolute atomic E-state index is 0.0257. The van der Waals surface area contributed by atoms with Crippen molar-refractivity contribution >= 4 is 5.91 Å². The van der Waals surface area contributed by atoms with Gasteiger partial charge >= 0.3 is 0 Å². The molecular weight excluding hydrogens is 228 g/mol. The van der Waals surface area contributed by atoms with Crippen molar-refractivity contribution in [3.05, 3.63) is 18.0 Å². The predicted octanol–water partition coefficient (Wildman–Crippen LogP) is 1.09. The van der Waals surface area contributed by atoms with Crippen molar-refractivity contribution in [2.24, 2.45) is 0 Å². The number of rotatable bonds is 3. The molecule has 3 rings (SSSR count). The van der Waals surface area contributed by atoms with E-state index >= 15 is 0 Å². The van der Waals surface area contributed by atoms with Gasteiger partial charge in [-0.05, 0) is 44.7 Å². The molecule has 2 aliphatic rings. The largest absolute Gasteiger partial charge is 0.348 e. The van der Waals surface area contributed by atoms with Crippen LogP contribution in [0.15, 0.2) is 12.3 Å². The van der Waals surface area contributed by atoms with Gasteiger partial charge in [-0.3, -0.25) is 9.48 Å². The highest BCUT2D eigenvalue weighted by molar-refractivity contribution is 5.92. The summed E-state index contributed by atoms with van der Waals surface area (Å²) in [7, 11) is 0. The number of nitrogens with one attached hydrogen (secondary N) is 2. The van der Waals surface area contributed by atoms with Crippen LogP contribution in [0.4, 0.5) is 0 Å². The number of carbonyl (C=O) groups excluding carboxylic acids is 1. The number of aromatic nitrogens is 2. The maximum absolute atomic E-state index is 11.9. The highest BCUT2D eigenvalue weighted by atomic mass is 16.2. The Bertz CT molecular complexity index is 418. The molecule has 98 valence electrons. The van der Waals surface area contributed by atoms with E-state index in [1.165, 1.54) is 12.8 Å². The predicted molar refractivity (Wildman–Crippen MR) is 68.5 cm³/mol. The lowest BCUT2D eigenvalue weighted by Crippen LogP contribution is -2.39. The van der Waals surface area contributed by atoms with Crippen molar-refractivity contribution in [3.8, 4) is 0 Å². The molecule has 1 aromatic rings. The van der Waals surface area contributed by atoms with Gasteiger partial charge in [0.25, 0.3) is 5.91 Å². The van der Waals surface area contributed by atoms with Crippen LogP contribution in [0.25, 0.3) is 0 Å². The van der Waals surface area contributed by atoms with E-state index < -0.39 is 0 Å². The fourth-order valence-corrected chi connectivity index (χ4v) is 2.53. The molecule has 5 nitrogen and oxygen atoms in total. The summed E-state index contributed by atoms with van der Waals surface area (Å²) in [5, 5.41) is 10.8. The molecule has 1 unspecified atom stereocenters. The molecule has 0 aromatic carbocycles. The molecule has 1 atom stereocenters. The van der Waals surface area contributed by atoms with Crippen LogP contribution in [0.2, 0.25) is 0 Å². The van der Waals surface area contributed by atoms with E-state index in [0.717, 1.165) is 32.4 Å². The van der Waals surface area contributed by atoms with Gasteiger partial charge < -0.3 is 10.6 Å². The molecular formula is C13H20N4O. The van der Waals surface area contributed by atoms with Gasteiger partial charge in [-0.1, -0.05) is 0 Å². The van der Waals surface area contributed by atoms with Crippen LogP contribution in [0, 0.1) is 0 Å². The first-order chi connectivity index (χ1) is 8.83. The molecule has 18 heavy (non-hydrogen) atoms. The number of piperidine rings is 1. The second-order valence-electron chi connectivity index (χ2n) is 5.28. The lowest BCUT2D eigenvalue weighted by atomic mass is 9.93. The van der Waals surface area contributed by atoms with Crippen molar-refractivity contribution in [1.29, 1.82) is 0 Å². The monoisotopic (exact) mass is 248 g/mol. The van der Waals surface area contributed by atoms with E-state index in [1.807, 2.05) is 16.9 Å². The number of amides is 1. The van der Waals surface area contributed by atoms with Crippen LogP contribution in [-0.4, -0.2) is 34.8 Å². The molecule has 5 heteroatoms. The zero-order chi connectivity index (χ0) is 12.4. The summed E-state index contributed by atoms with van der Waals surface area (Å²) in [6, 6.07) is 2.59. The fraction of sp³-hybridized carbons (Fsp3) is 0.692. The van der Waals surface area contributed by atoms with Crippen LogP contribution in [-0.2, 0) is 0 Å². The average molecular weight is 248 g/mol.